The predicted molar refractivity (Wildman–Crippen MR) is 113 cm³/mol. The van der Waals surface area contributed by atoms with Crippen molar-refractivity contribution in [3.8, 4) is 0 Å². The molecule has 6 rings (SSSR count). The summed E-state index contributed by atoms with van der Waals surface area (Å²) in [4.78, 5) is 16.7. The summed E-state index contributed by atoms with van der Waals surface area (Å²) < 4.78 is 6.60. The minimum atomic E-state index is 0.167. The van der Waals surface area contributed by atoms with Crippen LogP contribution in [0.3, 0.4) is 0 Å². The number of fused-ring (bicyclic) bond motifs is 4. The monoisotopic (exact) mass is 385 g/mol. The van der Waals surface area contributed by atoms with E-state index in [9.17, 15) is 4.79 Å². The van der Waals surface area contributed by atoms with Gasteiger partial charge in [0, 0.05) is 36.5 Å². The first kappa shape index (κ1) is 17.4. The highest BCUT2D eigenvalue weighted by molar-refractivity contribution is 5.99. The molecule has 0 amide bonds. The fourth-order valence-corrected chi connectivity index (χ4v) is 6.67. The zero-order chi connectivity index (χ0) is 19.6. The van der Waals surface area contributed by atoms with Crippen LogP contribution in [0.4, 0.5) is 0 Å². The molecule has 4 aliphatic rings. The molecule has 4 atom stereocenters. The number of carbonyl (C=O) groups excluding carboxylic acids is 1. The van der Waals surface area contributed by atoms with Crippen LogP contribution in [0.5, 0.6) is 0 Å². The maximum atomic E-state index is 12.4. The number of aromatic nitrogens is 1. The van der Waals surface area contributed by atoms with Crippen LogP contribution in [0.15, 0.2) is 59.6 Å². The first-order valence-electron chi connectivity index (χ1n) is 11.1. The van der Waals surface area contributed by atoms with Gasteiger partial charge in [-0.2, -0.15) is 0 Å². The Labute approximate surface area is 171 Å². The highest BCUT2D eigenvalue weighted by Gasteiger charge is 2.55. The van der Waals surface area contributed by atoms with Gasteiger partial charge < -0.3 is 4.74 Å². The second-order valence-electron chi connectivity index (χ2n) is 9.56. The summed E-state index contributed by atoms with van der Waals surface area (Å²) in [5.74, 6) is 2.32. The first-order chi connectivity index (χ1) is 14.1. The van der Waals surface area contributed by atoms with Crippen molar-refractivity contribution in [2.75, 3.05) is 0 Å². The number of Topliss-reactive ketones (excluding diaryl/α,β-unsaturated/α-hetero) is 1. The second-order valence-corrected chi connectivity index (χ2v) is 9.56. The van der Waals surface area contributed by atoms with Crippen LogP contribution >= 0.6 is 0 Å². The zero-order valence-electron chi connectivity index (χ0n) is 17.0. The smallest absolute Gasteiger partial charge is 0.166 e. The van der Waals surface area contributed by atoms with Crippen molar-refractivity contribution < 1.29 is 9.53 Å². The first-order valence-corrected chi connectivity index (χ1v) is 11.1. The highest BCUT2D eigenvalue weighted by Crippen LogP contribution is 2.62. The van der Waals surface area contributed by atoms with E-state index in [-0.39, 0.29) is 17.3 Å². The van der Waals surface area contributed by atoms with E-state index in [1.54, 1.807) is 0 Å². The van der Waals surface area contributed by atoms with Gasteiger partial charge in [-0.1, -0.05) is 25.1 Å². The molecule has 0 radical (unpaired) electrons. The number of ketones is 1. The molecule has 1 aliphatic heterocycles. The van der Waals surface area contributed by atoms with Gasteiger partial charge in [0.1, 0.15) is 11.9 Å². The second kappa shape index (κ2) is 6.29. The predicted octanol–water partition coefficient (Wildman–Crippen LogP) is 5.86. The SMILES string of the molecule is C[C@]12CCC3=CC4=C(CCCC4=O)O[C@H]3[C@@H]1CC[C@@H]2c1cccc2cnccc12. The van der Waals surface area contributed by atoms with Crippen LogP contribution in [-0.4, -0.2) is 16.9 Å². The molecule has 2 heterocycles. The van der Waals surface area contributed by atoms with Gasteiger partial charge in [0.05, 0.1) is 5.57 Å². The van der Waals surface area contributed by atoms with Crippen molar-refractivity contribution in [2.45, 2.75) is 63.9 Å². The molecule has 2 aromatic rings. The number of hydrogen-bond acceptors (Lipinski definition) is 3. The summed E-state index contributed by atoms with van der Waals surface area (Å²) in [6.07, 6.45) is 13.4. The molecule has 2 saturated carbocycles. The van der Waals surface area contributed by atoms with E-state index >= 15 is 0 Å². The number of benzene rings is 1. The lowest BCUT2D eigenvalue weighted by atomic mass is 9.61. The number of rotatable bonds is 1. The maximum Gasteiger partial charge on any atom is 0.166 e. The molecule has 3 aliphatic carbocycles. The van der Waals surface area contributed by atoms with Gasteiger partial charge in [-0.3, -0.25) is 9.78 Å². The zero-order valence-corrected chi connectivity index (χ0v) is 17.0. The molecule has 1 aromatic heterocycles. The van der Waals surface area contributed by atoms with Crippen molar-refractivity contribution in [3.05, 3.63) is 65.2 Å². The topological polar surface area (TPSA) is 39.2 Å². The normalized spacial score (nSPS) is 33.6. The van der Waals surface area contributed by atoms with Crippen LogP contribution in [0.1, 0.15) is 63.4 Å². The lowest BCUT2D eigenvalue weighted by Crippen LogP contribution is -2.43. The van der Waals surface area contributed by atoms with Gasteiger partial charge in [0.25, 0.3) is 0 Å². The fourth-order valence-electron chi connectivity index (χ4n) is 6.67. The van der Waals surface area contributed by atoms with Gasteiger partial charge in [-0.05, 0) is 72.1 Å². The Morgan fingerprint density at radius 3 is 3.00 bits per heavy atom. The molecule has 0 unspecified atom stereocenters. The largest absolute Gasteiger partial charge is 0.489 e. The number of pyridine rings is 1. The summed E-state index contributed by atoms with van der Waals surface area (Å²) in [5, 5.41) is 2.58. The Bertz CT molecular complexity index is 1080. The average molecular weight is 386 g/mol. The average Bonchev–Trinajstić information content (AvgIpc) is 3.10. The van der Waals surface area contributed by atoms with Gasteiger partial charge in [0.2, 0.25) is 0 Å². The van der Waals surface area contributed by atoms with Crippen LogP contribution < -0.4 is 0 Å². The molecule has 0 saturated heterocycles. The molecule has 0 bridgehead atoms. The van der Waals surface area contributed by atoms with Crippen molar-refractivity contribution in [1.29, 1.82) is 0 Å². The molecule has 0 N–H and O–H groups in total. The summed E-state index contributed by atoms with van der Waals surface area (Å²) in [7, 11) is 0. The van der Waals surface area contributed by atoms with Crippen LogP contribution in [0.25, 0.3) is 10.8 Å². The Morgan fingerprint density at radius 2 is 2.07 bits per heavy atom. The standard InChI is InChI=1S/C26H27NO2/c1-26-12-10-16-14-20-23(28)6-3-7-24(20)29-25(16)22(26)9-8-21(26)19-5-2-4-17-15-27-13-11-18(17)19/h2,4-5,11,13-15,21-22,25H,3,6-10,12H2,1H3/t21-,22+,25-,26-/m1/s1. The lowest BCUT2D eigenvalue weighted by Gasteiger charge is -2.48. The number of hydrogen-bond donors (Lipinski definition) is 0. The Kier molecular flexibility index (Phi) is 3.78. The van der Waals surface area contributed by atoms with Crippen molar-refractivity contribution in [1.82, 2.24) is 4.98 Å². The third-order valence-electron chi connectivity index (χ3n) is 8.19. The van der Waals surface area contributed by atoms with E-state index in [4.69, 9.17) is 4.74 Å². The minimum absolute atomic E-state index is 0.167. The van der Waals surface area contributed by atoms with Crippen molar-refractivity contribution in [2.24, 2.45) is 11.3 Å². The van der Waals surface area contributed by atoms with Crippen LogP contribution in [0, 0.1) is 11.3 Å². The van der Waals surface area contributed by atoms with E-state index in [0.717, 1.165) is 30.6 Å². The summed E-state index contributed by atoms with van der Waals surface area (Å²) in [5.41, 5.74) is 3.95. The van der Waals surface area contributed by atoms with Gasteiger partial charge in [-0.25, -0.2) is 0 Å². The highest BCUT2D eigenvalue weighted by atomic mass is 16.5. The summed E-state index contributed by atoms with van der Waals surface area (Å²) >= 11 is 0. The van der Waals surface area contributed by atoms with Crippen LogP contribution in [0.2, 0.25) is 0 Å². The van der Waals surface area contributed by atoms with Crippen molar-refractivity contribution in [3.63, 3.8) is 0 Å². The molecule has 2 fully saturated rings. The Hall–Kier alpha value is -2.42. The number of ether oxygens (including phenoxy) is 1. The maximum absolute atomic E-state index is 12.4. The van der Waals surface area contributed by atoms with E-state index in [2.05, 4.69) is 42.2 Å². The third kappa shape index (κ3) is 2.49. The quantitative estimate of drug-likeness (QED) is 0.617. The van der Waals surface area contributed by atoms with E-state index in [0.29, 0.717) is 18.3 Å². The van der Waals surface area contributed by atoms with Crippen molar-refractivity contribution >= 4 is 16.6 Å². The molecular formula is C26H27NO2. The molecule has 148 valence electrons. The molecule has 3 heteroatoms. The summed E-state index contributed by atoms with van der Waals surface area (Å²) in [6, 6.07) is 8.86. The molecule has 3 nitrogen and oxygen atoms in total. The Balaban J connectivity index is 1.38. The number of allylic oxidation sites excluding steroid dienone is 3. The number of carbonyl (C=O) groups is 1. The fraction of sp³-hybridized carbons (Fsp3) is 0.462. The lowest BCUT2D eigenvalue weighted by molar-refractivity contribution is -0.116. The van der Waals surface area contributed by atoms with E-state index in [1.807, 2.05) is 12.4 Å². The van der Waals surface area contributed by atoms with Crippen LogP contribution in [-0.2, 0) is 9.53 Å². The van der Waals surface area contributed by atoms with Gasteiger partial charge >= 0.3 is 0 Å². The third-order valence-corrected chi connectivity index (χ3v) is 8.19. The number of nitrogens with zero attached hydrogens (tertiary/aromatic N) is 1. The van der Waals surface area contributed by atoms with Gasteiger partial charge in [0.15, 0.2) is 5.78 Å². The minimum Gasteiger partial charge on any atom is -0.489 e. The van der Waals surface area contributed by atoms with E-state index < -0.39 is 0 Å². The molecule has 1 aromatic carbocycles. The Morgan fingerprint density at radius 1 is 1.14 bits per heavy atom. The molecule has 29 heavy (non-hydrogen) atoms. The molecule has 0 spiro atoms. The van der Waals surface area contributed by atoms with Gasteiger partial charge in [-0.15, -0.1) is 0 Å². The summed E-state index contributed by atoms with van der Waals surface area (Å²) in [6.45, 7) is 2.49. The molecular weight excluding hydrogens is 358 g/mol. The van der Waals surface area contributed by atoms with E-state index in [1.165, 1.54) is 41.2 Å².